The highest BCUT2D eigenvalue weighted by molar-refractivity contribution is 5.74. The number of carboxylic acid groups (broad SMARTS) is 1. The molecule has 0 bridgehead atoms. The Kier molecular flexibility index (Phi) is 2.73. The summed E-state index contributed by atoms with van der Waals surface area (Å²) in [5.74, 6) is -1.57. The van der Waals surface area contributed by atoms with E-state index in [1.54, 1.807) is 12.1 Å². The van der Waals surface area contributed by atoms with Crippen molar-refractivity contribution in [2.24, 2.45) is 0 Å². The Labute approximate surface area is 96.3 Å². The molecule has 0 radical (unpaired) electrons. The lowest BCUT2D eigenvalue weighted by molar-refractivity contribution is -0.138. The Morgan fingerprint density at radius 3 is 2.88 bits per heavy atom. The largest absolute Gasteiger partial charge is 0.508 e. The summed E-state index contributed by atoms with van der Waals surface area (Å²) in [5.41, 5.74) is 0.512. The highest BCUT2D eigenvalue weighted by Gasteiger charge is 2.21. The maximum Gasteiger partial charge on any atom is 0.314 e. The Balaban J connectivity index is 2.47. The maximum atomic E-state index is 10.9. The van der Waals surface area contributed by atoms with Gasteiger partial charge >= 0.3 is 5.97 Å². The van der Waals surface area contributed by atoms with E-state index in [2.05, 4.69) is 15.5 Å². The molecule has 1 atom stereocenters. The molecule has 1 unspecified atom stereocenters. The topological polar surface area (TPSA) is 101 Å². The third-order valence-corrected chi connectivity index (χ3v) is 2.33. The summed E-state index contributed by atoms with van der Waals surface area (Å²) in [4.78, 5) is 10.9. The molecule has 7 heteroatoms. The third kappa shape index (κ3) is 2.07. The van der Waals surface area contributed by atoms with Crippen LogP contribution in [0.15, 0.2) is 24.3 Å². The number of carboxylic acids is 1. The Hall–Kier alpha value is -2.44. The van der Waals surface area contributed by atoms with Gasteiger partial charge in [0.1, 0.15) is 11.7 Å². The van der Waals surface area contributed by atoms with Crippen molar-refractivity contribution in [3.63, 3.8) is 0 Å². The number of tetrazole rings is 1. The molecule has 0 aliphatic carbocycles. The average molecular weight is 234 g/mol. The van der Waals surface area contributed by atoms with E-state index >= 15 is 0 Å². The second kappa shape index (κ2) is 4.20. The van der Waals surface area contributed by atoms with Crippen molar-refractivity contribution in [1.29, 1.82) is 0 Å². The number of hydrogen-bond donors (Lipinski definition) is 2. The Morgan fingerprint density at radius 2 is 2.24 bits per heavy atom. The van der Waals surface area contributed by atoms with Gasteiger partial charge in [-0.15, -0.1) is 5.10 Å². The molecule has 0 saturated carbocycles. The molecule has 0 spiro atoms. The van der Waals surface area contributed by atoms with Gasteiger partial charge in [0.25, 0.3) is 0 Å². The third-order valence-electron chi connectivity index (χ3n) is 2.33. The zero-order valence-corrected chi connectivity index (χ0v) is 8.98. The first-order valence-electron chi connectivity index (χ1n) is 4.90. The minimum atomic E-state index is -1.01. The highest BCUT2D eigenvalue weighted by atomic mass is 16.4. The standard InChI is InChI=1S/C10H10N4O3/c1-6(10(16)17)9-11-12-13-14(9)7-3-2-4-8(15)5-7/h2-6,15H,1H3,(H,16,17). The number of carbonyl (C=O) groups is 1. The van der Waals surface area contributed by atoms with Gasteiger partial charge in [0.05, 0.1) is 5.69 Å². The van der Waals surface area contributed by atoms with Crippen LogP contribution >= 0.6 is 0 Å². The minimum absolute atomic E-state index is 0.0620. The number of hydrogen-bond acceptors (Lipinski definition) is 5. The summed E-state index contributed by atoms with van der Waals surface area (Å²) < 4.78 is 1.29. The molecule has 0 amide bonds. The van der Waals surface area contributed by atoms with E-state index in [1.807, 2.05) is 0 Å². The Morgan fingerprint density at radius 1 is 1.47 bits per heavy atom. The van der Waals surface area contributed by atoms with Gasteiger partial charge in [-0.2, -0.15) is 4.68 Å². The fourth-order valence-corrected chi connectivity index (χ4v) is 1.38. The molecule has 1 heterocycles. The number of phenolic OH excluding ortho intramolecular Hbond substituents is 1. The number of aromatic hydroxyl groups is 1. The number of phenols is 1. The molecule has 0 fully saturated rings. The summed E-state index contributed by atoms with van der Waals surface area (Å²) in [6, 6.07) is 6.26. The van der Waals surface area contributed by atoms with E-state index in [9.17, 15) is 9.90 Å². The first-order chi connectivity index (χ1) is 8.09. The lowest BCUT2D eigenvalue weighted by Gasteiger charge is -2.07. The fraction of sp³-hybridized carbons (Fsp3) is 0.200. The van der Waals surface area contributed by atoms with Gasteiger partial charge in [-0.3, -0.25) is 4.79 Å². The van der Waals surface area contributed by atoms with Crippen LogP contribution < -0.4 is 0 Å². The highest BCUT2D eigenvalue weighted by Crippen LogP contribution is 2.19. The first-order valence-corrected chi connectivity index (χ1v) is 4.90. The van der Waals surface area contributed by atoms with Gasteiger partial charge in [-0.05, 0) is 29.5 Å². The number of aromatic nitrogens is 4. The summed E-state index contributed by atoms with van der Waals surface area (Å²) in [5, 5.41) is 29.1. The average Bonchev–Trinajstić information content (AvgIpc) is 2.76. The van der Waals surface area contributed by atoms with Gasteiger partial charge in [-0.1, -0.05) is 6.07 Å². The smallest absolute Gasteiger partial charge is 0.314 e. The van der Waals surface area contributed by atoms with Crippen LogP contribution in [0.3, 0.4) is 0 Å². The molecule has 0 aliphatic heterocycles. The molecular formula is C10H10N4O3. The van der Waals surface area contributed by atoms with Gasteiger partial charge in [0, 0.05) is 6.07 Å². The van der Waals surface area contributed by atoms with Crippen molar-refractivity contribution >= 4 is 5.97 Å². The fourth-order valence-electron chi connectivity index (χ4n) is 1.38. The van der Waals surface area contributed by atoms with E-state index in [4.69, 9.17) is 5.11 Å². The first kappa shape index (κ1) is 11.1. The Bertz CT molecular complexity index is 552. The second-order valence-corrected chi connectivity index (χ2v) is 3.53. The van der Waals surface area contributed by atoms with E-state index in [0.717, 1.165) is 0 Å². The number of benzene rings is 1. The van der Waals surface area contributed by atoms with Gasteiger partial charge in [-0.25, -0.2) is 0 Å². The predicted molar refractivity (Wildman–Crippen MR) is 56.9 cm³/mol. The second-order valence-electron chi connectivity index (χ2n) is 3.53. The summed E-state index contributed by atoms with van der Waals surface area (Å²) in [6.07, 6.45) is 0. The monoisotopic (exact) mass is 234 g/mol. The number of aliphatic carboxylic acids is 1. The summed E-state index contributed by atoms with van der Waals surface area (Å²) >= 11 is 0. The van der Waals surface area contributed by atoms with Gasteiger partial charge in [0.2, 0.25) is 0 Å². The lowest BCUT2D eigenvalue weighted by atomic mass is 10.1. The van der Waals surface area contributed by atoms with Crippen LogP contribution in [-0.2, 0) is 4.79 Å². The number of nitrogens with zero attached hydrogens (tertiary/aromatic N) is 4. The molecule has 0 saturated heterocycles. The van der Waals surface area contributed by atoms with Crippen LogP contribution in [0.4, 0.5) is 0 Å². The van der Waals surface area contributed by atoms with Crippen molar-refractivity contribution in [3.05, 3.63) is 30.1 Å². The van der Waals surface area contributed by atoms with E-state index in [0.29, 0.717) is 5.69 Å². The van der Waals surface area contributed by atoms with Crippen molar-refractivity contribution in [3.8, 4) is 11.4 Å². The normalized spacial score (nSPS) is 12.3. The van der Waals surface area contributed by atoms with Crippen LogP contribution in [0.25, 0.3) is 5.69 Å². The summed E-state index contributed by atoms with van der Waals surface area (Å²) in [6.45, 7) is 1.49. The van der Waals surface area contributed by atoms with Crippen molar-refractivity contribution in [1.82, 2.24) is 20.2 Å². The van der Waals surface area contributed by atoms with Crippen LogP contribution in [0.2, 0.25) is 0 Å². The molecule has 2 N–H and O–H groups in total. The molecule has 17 heavy (non-hydrogen) atoms. The van der Waals surface area contributed by atoms with Crippen LogP contribution in [0.1, 0.15) is 18.7 Å². The number of rotatable bonds is 3. The van der Waals surface area contributed by atoms with E-state index < -0.39 is 11.9 Å². The predicted octanol–water partition coefficient (Wildman–Crippen LogP) is 0.556. The van der Waals surface area contributed by atoms with Crippen molar-refractivity contribution in [2.75, 3.05) is 0 Å². The molecular weight excluding hydrogens is 224 g/mol. The zero-order valence-electron chi connectivity index (χ0n) is 8.98. The van der Waals surface area contributed by atoms with Gasteiger partial charge in [0.15, 0.2) is 5.82 Å². The molecule has 2 aromatic rings. The SMILES string of the molecule is CC(C(=O)O)c1nnnn1-c1cccc(O)c1. The zero-order chi connectivity index (χ0) is 12.4. The molecule has 7 nitrogen and oxygen atoms in total. The molecule has 0 aliphatic rings. The van der Waals surface area contributed by atoms with E-state index in [1.165, 1.54) is 23.7 Å². The van der Waals surface area contributed by atoms with Crippen LogP contribution in [0, 0.1) is 0 Å². The molecule has 1 aromatic heterocycles. The molecule has 2 rings (SSSR count). The van der Waals surface area contributed by atoms with Gasteiger partial charge < -0.3 is 10.2 Å². The molecule has 88 valence electrons. The quantitative estimate of drug-likeness (QED) is 0.804. The van der Waals surface area contributed by atoms with Crippen LogP contribution in [0.5, 0.6) is 5.75 Å². The van der Waals surface area contributed by atoms with E-state index in [-0.39, 0.29) is 11.6 Å². The van der Waals surface area contributed by atoms with Crippen molar-refractivity contribution < 1.29 is 15.0 Å². The minimum Gasteiger partial charge on any atom is -0.508 e. The van der Waals surface area contributed by atoms with Crippen molar-refractivity contribution in [2.45, 2.75) is 12.8 Å². The molecule has 1 aromatic carbocycles. The van der Waals surface area contributed by atoms with Crippen LogP contribution in [-0.4, -0.2) is 36.4 Å². The lowest BCUT2D eigenvalue weighted by Crippen LogP contribution is -2.14. The maximum absolute atomic E-state index is 10.9. The summed E-state index contributed by atoms with van der Waals surface area (Å²) in [7, 11) is 0.